The smallest absolute Gasteiger partial charge is 0.247 e. The van der Waals surface area contributed by atoms with Crippen LogP contribution < -0.4 is 4.74 Å². The molecule has 1 aromatic carbocycles. The van der Waals surface area contributed by atoms with Crippen molar-refractivity contribution in [3.63, 3.8) is 0 Å². The van der Waals surface area contributed by atoms with Crippen molar-refractivity contribution in [1.82, 2.24) is 14.1 Å². The number of hydrogen-bond acceptors (Lipinski definition) is 6. The van der Waals surface area contributed by atoms with Gasteiger partial charge in [0.2, 0.25) is 15.9 Å². The van der Waals surface area contributed by atoms with Gasteiger partial charge in [-0.1, -0.05) is 19.1 Å². The molecule has 0 radical (unpaired) electrons. The summed E-state index contributed by atoms with van der Waals surface area (Å²) in [7, 11) is 1.56. The first kappa shape index (κ1) is 25.7. The Balaban J connectivity index is 2.02. The Morgan fingerprint density at radius 3 is 2.64 bits per heavy atom. The quantitative estimate of drug-likeness (QED) is 0.644. The average molecular weight is 480 g/mol. The van der Waals surface area contributed by atoms with Crippen LogP contribution in [0.3, 0.4) is 0 Å². The summed E-state index contributed by atoms with van der Waals surface area (Å²) in [6.07, 6.45) is 4.85. The number of amides is 1. The molecule has 0 spiro atoms. The molecule has 184 valence electrons. The van der Waals surface area contributed by atoms with Crippen LogP contribution in [0.5, 0.6) is 5.75 Å². The number of rotatable bonds is 7. The highest BCUT2D eigenvalue weighted by atomic mass is 32.2. The summed E-state index contributed by atoms with van der Waals surface area (Å²) < 4.78 is 34.9. The fourth-order valence-corrected chi connectivity index (χ4v) is 6.17. The number of aliphatic hydroxyl groups excluding tert-OH is 1. The summed E-state index contributed by atoms with van der Waals surface area (Å²) in [4.78, 5) is 16.1. The van der Waals surface area contributed by atoms with Crippen molar-refractivity contribution in [1.29, 1.82) is 0 Å². The zero-order chi connectivity index (χ0) is 24.3. The van der Waals surface area contributed by atoms with Crippen molar-refractivity contribution in [3.8, 4) is 5.75 Å². The lowest BCUT2D eigenvalue weighted by Crippen LogP contribution is -2.50. The molecule has 0 saturated heterocycles. The third-order valence-corrected chi connectivity index (χ3v) is 8.43. The summed E-state index contributed by atoms with van der Waals surface area (Å²) in [5, 5.41) is 9.77. The van der Waals surface area contributed by atoms with Crippen molar-refractivity contribution in [2.24, 2.45) is 5.92 Å². The van der Waals surface area contributed by atoms with Gasteiger partial charge in [-0.25, -0.2) is 8.42 Å². The molecule has 3 atom stereocenters. The van der Waals surface area contributed by atoms with E-state index in [1.807, 2.05) is 38.1 Å². The maximum atomic E-state index is 13.6. The molecule has 8 nitrogen and oxygen atoms in total. The van der Waals surface area contributed by atoms with Crippen LogP contribution >= 0.6 is 0 Å². The van der Waals surface area contributed by atoms with Gasteiger partial charge >= 0.3 is 0 Å². The van der Waals surface area contributed by atoms with Crippen LogP contribution in [0.15, 0.2) is 29.2 Å². The number of benzene rings is 1. The number of sulfonamides is 1. The molecule has 0 saturated carbocycles. The lowest BCUT2D eigenvalue weighted by Gasteiger charge is -2.37. The number of aliphatic hydroxyl groups is 1. The van der Waals surface area contributed by atoms with Gasteiger partial charge in [0.1, 0.15) is 16.7 Å². The van der Waals surface area contributed by atoms with Gasteiger partial charge in [0, 0.05) is 25.6 Å². The van der Waals surface area contributed by atoms with Gasteiger partial charge in [0.25, 0.3) is 0 Å². The molecule has 0 unspecified atom stereocenters. The Kier molecular flexibility index (Phi) is 8.21. The lowest BCUT2D eigenvalue weighted by atomic mass is 10.0. The molecule has 0 aromatic heterocycles. The van der Waals surface area contributed by atoms with Crippen LogP contribution in [-0.2, 0) is 14.8 Å². The molecule has 1 heterocycles. The summed E-state index contributed by atoms with van der Waals surface area (Å²) in [5.41, 5.74) is 2.16. The maximum absolute atomic E-state index is 13.6. The predicted octanol–water partition coefficient (Wildman–Crippen LogP) is 2.04. The van der Waals surface area contributed by atoms with Crippen LogP contribution in [0.1, 0.15) is 38.7 Å². The van der Waals surface area contributed by atoms with Gasteiger partial charge in [0.15, 0.2) is 0 Å². The van der Waals surface area contributed by atoms with E-state index in [-0.39, 0.29) is 36.4 Å². The van der Waals surface area contributed by atoms with E-state index in [0.717, 1.165) is 24.8 Å². The highest BCUT2D eigenvalue weighted by Gasteiger charge is 2.38. The molecule has 1 N–H and O–H groups in total. The van der Waals surface area contributed by atoms with Crippen LogP contribution in [0, 0.1) is 5.92 Å². The van der Waals surface area contributed by atoms with E-state index in [1.165, 1.54) is 9.88 Å². The van der Waals surface area contributed by atoms with Gasteiger partial charge in [0.05, 0.1) is 19.7 Å². The number of hydrogen-bond donors (Lipinski definition) is 1. The number of fused-ring (bicyclic) bond motifs is 1. The van der Waals surface area contributed by atoms with Gasteiger partial charge in [-0.05, 0) is 63.6 Å². The first-order chi connectivity index (χ1) is 15.5. The predicted molar refractivity (Wildman–Crippen MR) is 128 cm³/mol. The van der Waals surface area contributed by atoms with Crippen molar-refractivity contribution >= 4 is 21.5 Å². The maximum Gasteiger partial charge on any atom is 0.247 e. The third kappa shape index (κ3) is 5.77. The van der Waals surface area contributed by atoms with Crippen molar-refractivity contribution in [3.05, 3.63) is 29.8 Å². The molecule has 2 aliphatic rings. The van der Waals surface area contributed by atoms with Crippen LogP contribution in [-0.4, -0.2) is 93.1 Å². The van der Waals surface area contributed by atoms with E-state index in [4.69, 9.17) is 4.74 Å². The van der Waals surface area contributed by atoms with Gasteiger partial charge < -0.3 is 19.6 Å². The normalized spacial score (nSPS) is 23.8. The third-order valence-electron chi connectivity index (χ3n) is 6.41. The van der Waals surface area contributed by atoms with E-state index in [2.05, 4.69) is 6.08 Å². The number of ether oxygens (including phenoxy) is 1. The Hall–Kier alpha value is -1.94. The highest BCUT2D eigenvalue weighted by molar-refractivity contribution is 7.89. The van der Waals surface area contributed by atoms with E-state index in [1.54, 1.807) is 24.9 Å². The van der Waals surface area contributed by atoms with Crippen molar-refractivity contribution in [2.75, 3.05) is 47.4 Å². The largest absolute Gasteiger partial charge is 0.487 e. The molecule has 1 aromatic rings. The summed E-state index contributed by atoms with van der Waals surface area (Å²) in [6, 6.07) is 4.70. The van der Waals surface area contributed by atoms with Crippen molar-refractivity contribution in [2.45, 2.75) is 50.2 Å². The fraction of sp³-hybridized carbons (Fsp3) is 0.625. The molecular weight excluding hydrogens is 442 g/mol. The van der Waals surface area contributed by atoms with Crippen LogP contribution in [0.2, 0.25) is 0 Å². The van der Waals surface area contributed by atoms with Gasteiger partial charge in [-0.3, -0.25) is 4.79 Å². The summed E-state index contributed by atoms with van der Waals surface area (Å²) in [5.74, 6) is 0.0717. The zero-order valence-corrected chi connectivity index (χ0v) is 21.1. The minimum atomic E-state index is -3.87. The number of likely N-dealkylation sites (N-methyl/N-ethyl adjacent to an activating group) is 2. The van der Waals surface area contributed by atoms with Gasteiger partial charge in [-0.2, -0.15) is 4.31 Å². The van der Waals surface area contributed by atoms with Crippen molar-refractivity contribution < 1.29 is 23.1 Å². The second-order valence-electron chi connectivity index (χ2n) is 9.54. The minimum Gasteiger partial charge on any atom is -0.487 e. The van der Waals surface area contributed by atoms with E-state index in [9.17, 15) is 18.3 Å². The highest BCUT2D eigenvalue weighted by Crippen LogP contribution is 2.37. The topological polar surface area (TPSA) is 90.4 Å². The first-order valence-electron chi connectivity index (χ1n) is 11.6. The van der Waals surface area contributed by atoms with Gasteiger partial charge in [-0.15, -0.1) is 0 Å². The number of carbonyl (C=O) groups is 1. The number of allylic oxidation sites excluding steroid dienone is 2. The molecule has 1 aliphatic carbocycles. The van der Waals surface area contributed by atoms with E-state index in [0.29, 0.717) is 12.3 Å². The minimum absolute atomic E-state index is 0.0313. The number of nitrogens with zero attached hydrogens (tertiary/aromatic N) is 3. The van der Waals surface area contributed by atoms with Crippen LogP contribution in [0.25, 0.3) is 5.57 Å². The molecule has 1 amide bonds. The SMILES string of the molecule is C[C@H](CO)N1C[C@H](C)[C@@H](CN(C)C(=O)CN(C)C)Oc2cc(C3=CCCC3)ccc2S1(=O)=O. The summed E-state index contributed by atoms with van der Waals surface area (Å²) >= 11 is 0. The second-order valence-corrected chi connectivity index (χ2v) is 11.4. The summed E-state index contributed by atoms with van der Waals surface area (Å²) in [6.45, 7) is 4.16. The Labute approximate surface area is 197 Å². The van der Waals surface area contributed by atoms with E-state index >= 15 is 0 Å². The molecule has 9 heteroatoms. The Morgan fingerprint density at radius 1 is 1.30 bits per heavy atom. The molecule has 1 aliphatic heterocycles. The number of carbonyl (C=O) groups excluding carboxylic acids is 1. The first-order valence-corrected chi connectivity index (χ1v) is 13.0. The Bertz CT molecular complexity index is 992. The molecule has 33 heavy (non-hydrogen) atoms. The molecule has 3 rings (SSSR count). The molecular formula is C24H37N3O5S. The second kappa shape index (κ2) is 10.5. The lowest BCUT2D eigenvalue weighted by molar-refractivity contribution is -0.132. The zero-order valence-electron chi connectivity index (χ0n) is 20.3. The standard InChI is InChI=1S/C24H37N3O5S/c1-17-13-27(18(2)16-28)33(30,31)23-11-10-20(19-8-6-7-9-19)12-21(23)32-22(17)14-26(5)24(29)15-25(3)4/h8,10-12,17-18,22,28H,6-7,9,13-16H2,1-5H3/t17-,18+,22+/m0/s1. The average Bonchev–Trinajstić information content (AvgIpc) is 3.29. The Morgan fingerprint density at radius 2 is 2.03 bits per heavy atom. The monoisotopic (exact) mass is 479 g/mol. The van der Waals surface area contributed by atoms with E-state index < -0.39 is 22.2 Å². The van der Waals surface area contributed by atoms with Crippen LogP contribution in [0.4, 0.5) is 0 Å². The molecule has 0 fully saturated rings. The fourth-order valence-electron chi connectivity index (χ4n) is 4.34. The molecule has 0 bridgehead atoms.